The first-order valence-corrected chi connectivity index (χ1v) is 5.25. The van der Waals surface area contributed by atoms with Crippen molar-refractivity contribution in [2.75, 3.05) is 0 Å². The van der Waals surface area contributed by atoms with Crippen molar-refractivity contribution >= 4 is 0 Å². The Morgan fingerprint density at radius 2 is 1.69 bits per heavy atom. The second-order valence-corrected chi connectivity index (χ2v) is 2.10. The summed E-state index contributed by atoms with van der Waals surface area (Å²) < 4.78 is 0. The molecule has 0 aromatic carbocycles. The Bertz CT molecular complexity index is 194. The van der Waals surface area contributed by atoms with E-state index in [9.17, 15) is 0 Å². The van der Waals surface area contributed by atoms with Crippen LogP contribution in [0.1, 0.15) is 45.9 Å². The van der Waals surface area contributed by atoms with E-state index in [2.05, 4.69) is 18.0 Å². The van der Waals surface area contributed by atoms with Crippen LogP contribution in [0.5, 0.6) is 0 Å². The zero-order valence-corrected chi connectivity index (χ0v) is 9.89. The lowest BCUT2D eigenvalue weighted by molar-refractivity contribution is 1.05. The Morgan fingerprint density at radius 3 is 2.00 bits per heavy atom. The monoisotopic (exact) mass is 181 g/mol. The lowest BCUT2D eigenvalue weighted by Crippen LogP contribution is -1.87. The molecule has 1 rings (SSSR count). The second kappa shape index (κ2) is 11.2. The number of hydrogen-bond donors (Lipinski definition) is 0. The van der Waals surface area contributed by atoms with E-state index in [1.54, 1.807) is 0 Å². The first-order chi connectivity index (χ1) is 6.34. The molecule has 0 saturated carbocycles. The van der Waals surface area contributed by atoms with Crippen LogP contribution in [0, 0.1) is 6.92 Å². The Morgan fingerprint density at radius 1 is 1.15 bits per heavy atom. The molecule has 0 spiro atoms. The molecule has 1 heteroatoms. The van der Waals surface area contributed by atoms with E-state index in [-0.39, 0.29) is 0 Å². The van der Waals surface area contributed by atoms with Gasteiger partial charge in [-0.3, -0.25) is 4.98 Å². The molecule has 0 fully saturated rings. The van der Waals surface area contributed by atoms with Gasteiger partial charge in [-0.25, -0.2) is 0 Å². The highest BCUT2D eigenvalue weighted by Gasteiger charge is 1.91. The predicted molar refractivity (Wildman–Crippen MR) is 61.0 cm³/mol. The SMILES string of the molecule is CC.CC.CCc1cccnc1C. The molecule has 13 heavy (non-hydrogen) atoms. The number of pyridine rings is 1. The van der Waals surface area contributed by atoms with Crippen molar-refractivity contribution in [3.05, 3.63) is 29.6 Å². The first-order valence-electron chi connectivity index (χ1n) is 5.25. The standard InChI is InChI=1S/C8H11N.2C2H6/c1-3-8-5-4-6-9-7(8)2;2*1-2/h4-6H,3H2,1-2H3;2*1-2H3. The maximum absolute atomic E-state index is 4.15. The number of rotatable bonds is 1. The Labute approximate surface area is 83.2 Å². The molecule has 0 amide bonds. The molecule has 76 valence electrons. The van der Waals surface area contributed by atoms with Crippen LogP contribution >= 0.6 is 0 Å². The minimum absolute atomic E-state index is 1.08. The minimum Gasteiger partial charge on any atom is -0.261 e. The van der Waals surface area contributed by atoms with Crippen LogP contribution in [0.3, 0.4) is 0 Å². The van der Waals surface area contributed by atoms with E-state index < -0.39 is 0 Å². The number of aryl methyl sites for hydroxylation is 2. The van der Waals surface area contributed by atoms with E-state index in [1.807, 2.05) is 46.9 Å². The maximum atomic E-state index is 4.15. The van der Waals surface area contributed by atoms with Crippen molar-refractivity contribution in [3.63, 3.8) is 0 Å². The van der Waals surface area contributed by atoms with Crippen LogP contribution in [0.4, 0.5) is 0 Å². The average molecular weight is 181 g/mol. The van der Waals surface area contributed by atoms with Gasteiger partial charge < -0.3 is 0 Å². The molecular weight excluding hydrogens is 158 g/mol. The minimum atomic E-state index is 1.08. The van der Waals surface area contributed by atoms with Gasteiger partial charge in [0.1, 0.15) is 0 Å². The van der Waals surface area contributed by atoms with E-state index >= 15 is 0 Å². The van der Waals surface area contributed by atoms with E-state index in [0.717, 1.165) is 12.1 Å². The highest BCUT2D eigenvalue weighted by molar-refractivity contribution is 5.17. The van der Waals surface area contributed by atoms with Gasteiger partial charge in [0.15, 0.2) is 0 Å². The molecule has 0 N–H and O–H groups in total. The van der Waals surface area contributed by atoms with Crippen LogP contribution in [0.25, 0.3) is 0 Å². The largest absolute Gasteiger partial charge is 0.261 e. The summed E-state index contributed by atoms with van der Waals surface area (Å²) in [6.45, 7) is 12.2. The molecule has 0 radical (unpaired) electrons. The number of aromatic nitrogens is 1. The van der Waals surface area contributed by atoms with E-state index in [0.29, 0.717) is 0 Å². The lowest BCUT2D eigenvalue weighted by Gasteiger charge is -1.97. The van der Waals surface area contributed by atoms with E-state index in [4.69, 9.17) is 0 Å². The van der Waals surface area contributed by atoms with Gasteiger partial charge in [-0.05, 0) is 25.0 Å². The third-order valence-corrected chi connectivity index (χ3v) is 1.50. The zero-order valence-electron chi connectivity index (χ0n) is 9.89. The smallest absolute Gasteiger partial charge is 0.0404 e. The zero-order chi connectivity index (χ0) is 10.7. The predicted octanol–water partition coefficient (Wildman–Crippen LogP) is 4.00. The van der Waals surface area contributed by atoms with Gasteiger partial charge in [-0.2, -0.15) is 0 Å². The molecule has 0 unspecified atom stereocenters. The quantitative estimate of drug-likeness (QED) is 0.638. The Kier molecular flexibility index (Phi) is 12.6. The fraction of sp³-hybridized carbons (Fsp3) is 0.583. The molecular formula is C12H23N. The third-order valence-electron chi connectivity index (χ3n) is 1.50. The fourth-order valence-corrected chi connectivity index (χ4v) is 0.891. The summed E-state index contributed by atoms with van der Waals surface area (Å²) >= 11 is 0. The van der Waals surface area contributed by atoms with Crippen molar-refractivity contribution in [1.82, 2.24) is 4.98 Å². The van der Waals surface area contributed by atoms with Crippen LogP contribution in [0.2, 0.25) is 0 Å². The van der Waals surface area contributed by atoms with Crippen molar-refractivity contribution in [3.8, 4) is 0 Å². The summed E-state index contributed by atoms with van der Waals surface area (Å²) in [4.78, 5) is 4.15. The average Bonchev–Trinajstić information content (AvgIpc) is 2.24. The molecule has 0 aliphatic heterocycles. The third kappa shape index (κ3) is 6.32. The van der Waals surface area contributed by atoms with Gasteiger partial charge in [-0.15, -0.1) is 0 Å². The van der Waals surface area contributed by atoms with Crippen molar-refractivity contribution in [2.45, 2.75) is 48.0 Å². The number of nitrogens with zero attached hydrogens (tertiary/aromatic N) is 1. The molecule has 1 aromatic rings. The van der Waals surface area contributed by atoms with Gasteiger partial charge >= 0.3 is 0 Å². The van der Waals surface area contributed by atoms with Gasteiger partial charge in [-0.1, -0.05) is 40.7 Å². The molecule has 1 nitrogen and oxygen atoms in total. The summed E-state index contributed by atoms with van der Waals surface area (Å²) in [5, 5.41) is 0. The Hall–Kier alpha value is -0.850. The van der Waals surface area contributed by atoms with Crippen LogP contribution < -0.4 is 0 Å². The lowest BCUT2D eigenvalue weighted by atomic mass is 10.2. The van der Waals surface area contributed by atoms with E-state index in [1.165, 1.54) is 5.56 Å². The van der Waals surface area contributed by atoms with Gasteiger partial charge in [0.25, 0.3) is 0 Å². The maximum Gasteiger partial charge on any atom is 0.0404 e. The van der Waals surface area contributed by atoms with Crippen LogP contribution in [-0.4, -0.2) is 4.98 Å². The van der Waals surface area contributed by atoms with Crippen LogP contribution in [0.15, 0.2) is 18.3 Å². The van der Waals surface area contributed by atoms with Crippen molar-refractivity contribution in [1.29, 1.82) is 0 Å². The number of hydrogen-bond acceptors (Lipinski definition) is 1. The topological polar surface area (TPSA) is 12.9 Å². The molecule has 1 aromatic heterocycles. The van der Waals surface area contributed by atoms with Gasteiger partial charge in [0, 0.05) is 11.9 Å². The summed E-state index contributed by atoms with van der Waals surface area (Å²) in [5.41, 5.74) is 2.50. The Balaban J connectivity index is 0. The molecule has 0 saturated heterocycles. The second-order valence-electron chi connectivity index (χ2n) is 2.10. The summed E-state index contributed by atoms with van der Waals surface area (Å²) in [6.07, 6.45) is 2.91. The van der Waals surface area contributed by atoms with Crippen molar-refractivity contribution in [2.24, 2.45) is 0 Å². The highest BCUT2D eigenvalue weighted by atomic mass is 14.7. The van der Waals surface area contributed by atoms with Gasteiger partial charge in [0.2, 0.25) is 0 Å². The summed E-state index contributed by atoms with van der Waals surface area (Å²) in [7, 11) is 0. The molecule has 0 aliphatic carbocycles. The first kappa shape index (κ1) is 14.7. The fourth-order valence-electron chi connectivity index (χ4n) is 0.891. The van der Waals surface area contributed by atoms with Gasteiger partial charge in [0.05, 0.1) is 0 Å². The summed E-state index contributed by atoms with van der Waals surface area (Å²) in [6, 6.07) is 4.09. The van der Waals surface area contributed by atoms with Crippen molar-refractivity contribution < 1.29 is 0 Å². The molecule has 0 aliphatic rings. The highest BCUT2D eigenvalue weighted by Crippen LogP contribution is 2.02. The molecule has 0 bridgehead atoms. The normalized spacial score (nSPS) is 7.54. The molecule has 1 heterocycles. The molecule has 0 atom stereocenters. The summed E-state index contributed by atoms with van der Waals surface area (Å²) in [5.74, 6) is 0. The van der Waals surface area contributed by atoms with Crippen LogP contribution in [-0.2, 0) is 6.42 Å².